The number of nitrogens with zero attached hydrogens (tertiary/aromatic N) is 3. The van der Waals surface area contributed by atoms with Crippen LogP contribution in [0, 0.1) is 0 Å². The first-order valence-electron chi connectivity index (χ1n) is 5.21. The largest absolute Gasteiger partial charge is 0.330 e. The summed E-state index contributed by atoms with van der Waals surface area (Å²) in [5.41, 5.74) is 6.36. The van der Waals surface area contributed by atoms with E-state index in [4.69, 9.17) is 17.3 Å². The maximum absolute atomic E-state index is 6.14. The van der Waals surface area contributed by atoms with Crippen LogP contribution in [-0.2, 0) is 7.05 Å². The minimum atomic E-state index is 0.624. The lowest BCUT2D eigenvalue weighted by molar-refractivity contribution is 0.793. The number of thioether (sulfide) groups is 1. The summed E-state index contributed by atoms with van der Waals surface area (Å²) in [6.07, 6.45) is 0. The molecule has 0 saturated heterocycles. The molecule has 90 valence electrons. The van der Waals surface area contributed by atoms with Crippen molar-refractivity contribution in [2.75, 3.05) is 12.3 Å². The van der Waals surface area contributed by atoms with Crippen LogP contribution >= 0.6 is 23.4 Å². The van der Waals surface area contributed by atoms with Crippen molar-refractivity contribution >= 4 is 23.4 Å². The number of hydrogen-bond donors (Lipinski definition) is 1. The molecule has 6 heteroatoms. The highest BCUT2D eigenvalue weighted by atomic mass is 35.5. The molecule has 0 aliphatic heterocycles. The smallest absolute Gasteiger partial charge is 0.191 e. The fourth-order valence-corrected chi connectivity index (χ4v) is 2.37. The molecule has 0 unspecified atom stereocenters. The van der Waals surface area contributed by atoms with Crippen molar-refractivity contribution in [3.8, 4) is 11.4 Å². The van der Waals surface area contributed by atoms with Crippen LogP contribution in [0.25, 0.3) is 11.4 Å². The third-order valence-corrected chi connectivity index (χ3v) is 3.68. The van der Waals surface area contributed by atoms with Gasteiger partial charge in [0.05, 0.1) is 5.02 Å². The Morgan fingerprint density at radius 3 is 2.82 bits per heavy atom. The zero-order chi connectivity index (χ0) is 12.3. The van der Waals surface area contributed by atoms with E-state index in [1.807, 2.05) is 35.9 Å². The normalized spacial score (nSPS) is 10.8. The van der Waals surface area contributed by atoms with Crippen molar-refractivity contribution in [3.05, 3.63) is 29.3 Å². The Morgan fingerprint density at radius 2 is 2.12 bits per heavy atom. The van der Waals surface area contributed by atoms with Gasteiger partial charge in [0.25, 0.3) is 0 Å². The molecule has 2 aromatic rings. The molecule has 4 nitrogen and oxygen atoms in total. The number of benzene rings is 1. The van der Waals surface area contributed by atoms with Crippen molar-refractivity contribution < 1.29 is 0 Å². The van der Waals surface area contributed by atoms with Gasteiger partial charge in [-0.05, 0) is 12.1 Å². The zero-order valence-electron chi connectivity index (χ0n) is 9.43. The quantitative estimate of drug-likeness (QED) is 0.864. The first-order chi connectivity index (χ1) is 8.24. The lowest BCUT2D eigenvalue weighted by Gasteiger charge is -2.04. The average Bonchev–Trinajstić information content (AvgIpc) is 2.69. The van der Waals surface area contributed by atoms with Crippen LogP contribution in [0.3, 0.4) is 0 Å². The second-order valence-electron chi connectivity index (χ2n) is 3.48. The molecular weight excluding hydrogens is 256 g/mol. The molecule has 0 aliphatic carbocycles. The third kappa shape index (κ3) is 2.62. The molecule has 0 spiro atoms. The minimum absolute atomic E-state index is 0.624. The van der Waals surface area contributed by atoms with Gasteiger partial charge in [0.2, 0.25) is 0 Å². The first kappa shape index (κ1) is 12.4. The zero-order valence-corrected chi connectivity index (χ0v) is 11.0. The minimum Gasteiger partial charge on any atom is -0.330 e. The maximum Gasteiger partial charge on any atom is 0.191 e. The first-order valence-corrected chi connectivity index (χ1v) is 6.57. The van der Waals surface area contributed by atoms with Crippen LogP contribution in [0.1, 0.15) is 0 Å². The Morgan fingerprint density at radius 1 is 1.35 bits per heavy atom. The van der Waals surface area contributed by atoms with Crippen LogP contribution in [0.2, 0.25) is 5.02 Å². The number of rotatable bonds is 4. The Hall–Kier alpha value is -1.04. The van der Waals surface area contributed by atoms with Crippen molar-refractivity contribution in [2.24, 2.45) is 12.8 Å². The predicted molar refractivity (Wildman–Crippen MR) is 71.2 cm³/mol. The van der Waals surface area contributed by atoms with Gasteiger partial charge in [-0.15, -0.1) is 10.2 Å². The Kier molecular flexibility index (Phi) is 4.04. The Labute approximate surface area is 109 Å². The molecule has 0 radical (unpaired) electrons. The van der Waals surface area contributed by atoms with E-state index in [0.717, 1.165) is 22.3 Å². The van der Waals surface area contributed by atoms with Crippen LogP contribution < -0.4 is 5.73 Å². The lowest BCUT2D eigenvalue weighted by Crippen LogP contribution is -2.03. The van der Waals surface area contributed by atoms with Crippen molar-refractivity contribution in [1.82, 2.24) is 14.8 Å². The molecule has 0 amide bonds. The molecular formula is C11H13ClN4S. The molecule has 2 N–H and O–H groups in total. The average molecular weight is 269 g/mol. The van der Waals surface area contributed by atoms with Gasteiger partial charge in [-0.3, -0.25) is 0 Å². The fraction of sp³-hybridized carbons (Fsp3) is 0.273. The molecule has 1 aromatic carbocycles. The predicted octanol–water partition coefficient (Wildman–Crippen LogP) is 2.19. The summed E-state index contributed by atoms with van der Waals surface area (Å²) in [6, 6.07) is 7.61. The van der Waals surface area contributed by atoms with Crippen LogP contribution in [-0.4, -0.2) is 27.1 Å². The number of nitrogens with two attached hydrogens (primary N) is 1. The SMILES string of the molecule is Cn1c(SCCN)nnc1-c1ccccc1Cl. The Bertz CT molecular complexity index is 512. The molecule has 1 aromatic heterocycles. The van der Waals surface area contributed by atoms with Gasteiger partial charge in [-0.25, -0.2) is 0 Å². The standard InChI is InChI=1S/C11H13ClN4S/c1-16-10(8-4-2-3-5-9(8)12)14-15-11(16)17-7-6-13/h2-5H,6-7,13H2,1H3. The second kappa shape index (κ2) is 5.53. The summed E-state index contributed by atoms with van der Waals surface area (Å²) in [5, 5.41) is 9.83. The topological polar surface area (TPSA) is 56.7 Å². The summed E-state index contributed by atoms with van der Waals surface area (Å²) in [4.78, 5) is 0. The van der Waals surface area contributed by atoms with Crippen LogP contribution in [0.5, 0.6) is 0 Å². The van der Waals surface area contributed by atoms with Gasteiger partial charge in [-0.2, -0.15) is 0 Å². The van der Waals surface area contributed by atoms with Gasteiger partial charge < -0.3 is 10.3 Å². The number of halogens is 1. The monoisotopic (exact) mass is 268 g/mol. The van der Waals surface area contributed by atoms with Gasteiger partial charge in [0, 0.05) is 24.9 Å². The van der Waals surface area contributed by atoms with Gasteiger partial charge in [-0.1, -0.05) is 35.5 Å². The van der Waals surface area contributed by atoms with Gasteiger partial charge in [0.1, 0.15) is 0 Å². The summed E-state index contributed by atoms with van der Waals surface area (Å²) in [6.45, 7) is 0.624. The van der Waals surface area contributed by atoms with E-state index in [-0.39, 0.29) is 0 Å². The summed E-state index contributed by atoms with van der Waals surface area (Å²) in [7, 11) is 1.93. The summed E-state index contributed by atoms with van der Waals surface area (Å²) < 4.78 is 1.93. The van der Waals surface area contributed by atoms with E-state index in [0.29, 0.717) is 11.6 Å². The molecule has 2 rings (SSSR count). The number of aromatic nitrogens is 3. The van der Waals surface area contributed by atoms with Crippen molar-refractivity contribution in [2.45, 2.75) is 5.16 Å². The molecule has 0 aliphatic rings. The molecule has 0 fully saturated rings. The summed E-state index contributed by atoms with van der Waals surface area (Å²) in [5.74, 6) is 1.60. The Balaban J connectivity index is 2.34. The van der Waals surface area contributed by atoms with Gasteiger partial charge >= 0.3 is 0 Å². The van der Waals surface area contributed by atoms with Crippen molar-refractivity contribution in [3.63, 3.8) is 0 Å². The third-order valence-electron chi connectivity index (χ3n) is 2.30. The van der Waals surface area contributed by atoms with E-state index in [1.54, 1.807) is 11.8 Å². The summed E-state index contributed by atoms with van der Waals surface area (Å²) >= 11 is 7.73. The fourth-order valence-electron chi connectivity index (χ4n) is 1.47. The molecule has 0 saturated carbocycles. The van der Waals surface area contributed by atoms with Crippen molar-refractivity contribution in [1.29, 1.82) is 0 Å². The second-order valence-corrected chi connectivity index (χ2v) is 4.95. The molecule has 17 heavy (non-hydrogen) atoms. The number of hydrogen-bond acceptors (Lipinski definition) is 4. The molecule has 0 atom stereocenters. The highest BCUT2D eigenvalue weighted by Gasteiger charge is 2.12. The van der Waals surface area contributed by atoms with Crippen LogP contribution in [0.4, 0.5) is 0 Å². The van der Waals surface area contributed by atoms with E-state index >= 15 is 0 Å². The lowest BCUT2D eigenvalue weighted by atomic mass is 10.2. The van der Waals surface area contributed by atoms with E-state index in [9.17, 15) is 0 Å². The highest BCUT2D eigenvalue weighted by molar-refractivity contribution is 7.99. The van der Waals surface area contributed by atoms with E-state index < -0.39 is 0 Å². The maximum atomic E-state index is 6.14. The highest BCUT2D eigenvalue weighted by Crippen LogP contribution is 2.27. The van der Waals surface area contributed by atoms with E-state index in [1.165, 1.54) is 0 Å². The van der Waals surface area contributed by atoms with Crippen LogP contribution in [0.15, 0.2) is 29.4 Å². The van der Waals surface area contributed by atoms with Gasteiger partial charge in [0.15, 0.2) is 11.0 Å². The molecule has 1 heterocycles. The van der Waals surface area contributed by atoms with E-state index in [2.05, 4.69) is 10.2 Å². The molecule has 0 bridgehead atoms.